The zero-order valence-electron chi connectivity index (χ0n) is 50.0. The second kappa shape index (κ2) is 24.9. The van der Waals surface area contributed by atoms with E-state index in [2.05, 4.69) is 40.7 Å². The number of rotatable bonds is 14. The first-order valence-electron chi connectivity index (χ1n) is 30.8. The Hall–Kier alpha value is -1.79. The lowest BCUT2D eigenvalue weighted by molar-refractivity contribution is -0.361. The highest BCUT2D eigenvalue weighted by atomic mass is 16.8. The Morgan fingerprint density at radius 1 is 0.558 bits per heavy atom. The van der Waals surface area contributed by atoms with Crippen molar-refractivity contribution in [3.63, 3.8) is 0 Å². The molecule has 0 aromatic heterocycles. The highest BCUT2D eigenvalue weighted by Gasteiger charge is 2.71. The molecule has 0 amide bonds. The summed E-state index contributed by atoms with van der Waals surface area (Å²) >= 11 is 0. The van der Waals surface area contributed by atoms with Gasteiger partial charge in [-0.05, 0) is 111 Å². The van der Waals surface area contributed by atoms with E-state index in [1.54, 1.807) is 0 Å². The van der Waals surface area contributed by atoms with Crippen LogP contribution in [0.15, 0.2) is 11.6 Å². The monoisotopic (exact) mass is 1240 g/mol. The van der Waals surface area contributed by atoms with Crippen LogP contribution in [0.4, 0.5) is 0 Å². The van der Waals surface area contributed by atoms with Gasteiger partial charge in [0.2, 0.25) is 6.29 Å². The van der Waals surface area contributed by atoms with Crippen LogP contribution < -0.4 is 0 Å². The van der Waals surface area contributed by atoms with Crippen molar-refractivity contribution in [2.75, 3.05) is 33.0 Å². The molecule has 0 unspecified atom stereocenters. The highest BCUT2D eigenvalue weighted by molar-refractivity contribution is 5.79. The molecule has 10 aliphatic rings. The van der Waals surface area contributed by atoms with Crippen LogP contribution in [0.3, 0.4) is 0 Å². The number of hydrogen-bond acceptors (Lipinski definition) is 27. The Bertz CT molecular complexity index is 2380. The number of aliphatic hydroxyl groups is 16. The second-order valence-electron chi connectivity index (χ2n) is 28.5. The van der Waals surface area contributed by atoms with Crippen molar-refractivity contribution in [2.45, 2.75) is 266 Å². The van der Waals surface area contributed by atoms with Gasteiger partial charge in [-0.2, -0.15) is 0 Å². The van der Waals surface area contributed by atoms with Crippen LogP contribution in [0, 0.1) is 50.2 Å². The molecule has 5 heterocycles. The van der Waals surface area contributed by atoms with E-state index in [-0.39, 0.29) is 47.2 Å². The molecule has 5 aliphatic heterocycles. The van der Waals surface area contributed by atoms with Crippen molar-refractivity contribution in [2.24, 2.45) is 50.2 Å². The number of carbonyl (C=O) groups excluding carboxylic acids is 1. The number of aliphatic hydroxyl groups excluding tert-OH is 16. The fourth-order valence-corrected chi connectivity index (χ4v) is 17.6. The summed E-state index contributed by atoms with van der Waals surface area (Å²) in [5.41, 5.74) is -1.93. The molecule has 0 aromatic carbocycles. The normalized spacial score (nSPS) is 54.8. The summed E-state index contributed by atoms with van der Waals surface area (Å²) in [6, 6.07) is 0. The molecule has 4 saturated carbocycles. The van der Waals surface area contributed by atoms with Gasteiger partial charge in [0.15, 0.2) is 25.2 Å². The predicted molar refractivity (Wildman–Crippen MR) is 289 cm³/mol. The quantitative estimate of drug-likeness (QED) is 0.0454. The van der Waals surface area contributed by atoms with Crippen LogP contribution in [-0.2, 0) is 52.2 Å². The molecule has 0 aromatic rings. The molecule has 0 radical (unpaired) electrons. The minimum atomic E-state index is -1.90. The van der Waals surface area contributed by atoms with Gasteiger partial charge in [0.1, 0.15) is 110 Å². The SMILES string of the molecule is C[C@@H]1O[C@H](O[C@@H]2[C@@H](O)[C@H](O)[C@@H](OC[C@@H]3O[C@H](OC(=O)[C@]45CCC(C)(C)C[C@H]4C4=CC[C@H]6[C@]7(C)CC[C@H](O[C@H]8OC[C@H](O[C@H]9O[C@@H](CO)[C@H](O)[C@@H](O)[C@@H]9O)[C@@H](O)[C@@H]8O)[C@@](C)(CO)[C@H]7CC[C@]6(C)[C@@]4(C)CC5)[C@@H](O)[C@H](O)[C@H]3O)O[C@H]2CO)[C@@H](O)[C@H](O)[C@H]1O. The summed E-state index contributed by atoms with van der Waals surface area (Å²) in [5.74, 6) is -0.862. The Labute approximate surface area is 499 Å². The van der Waals surface area contributed by atoms with E-state index < -0.39 is 196 Å². The summed E-state index contributed by atoms with van der Waals surface area (Å²) < 4.78 is 58.7. The minimum absolute atomic E-state index is 0.0638. The number of esters is 1. The molecule has 5 saturated heterocycles. The van der Waals surface area contributed by atoms with Gasteiger partial charge >= 0.3 is 5.97 Å². The Balaban J connectivity index is 0.809. The van der Waals surface area contributed by atoms with Gasteiger partial charge < -0.3 is 129 Å². The smallest absolute Gasteiger partial charge is 0.315 e. The third kappa shape index (κ3) is 11.2. The van der Waals surface area contributed by atoms with Crippen LogP contribution >= 0.6 is 0 Å². The first kappa shape index (κ1) is 67.1. The summed E-state index contributed by atoms with van der Waals surface area (Å²) in [6.45, 7) is 12.1. The van der Waals surface area contributed by atoms with Crippen LogP contribution in [0.25, 0.3) is 0 Å². The van der Waals surface area contributed by atoms with E-state index in [0.717, 1.165) is 12.8 Å². The Morgan fingerprint density at radius 3 is 1.80 bits per heavy atom. The van der Waals surface area contributed by atoms with Gasteiger partial charge in [-0.25, -0.2) is 0 Å². The van der Waals surface area contributed by atoms with Crippen LogP contribution in [0.5, 0.6) is 0 Å². The highest BCUT2D eigenvalue weighted by Crippen LogP contribution is 2.76. The van der Waals surface area contributed by atoms with Gasteiger partial charge in [-0.15, -0.1) is 0 Å². The molecule has 27 nitrogen and oxygen atoms in total. The molecule has 16 N–H and O–H groups in total. The van der Waals surface area contributed by atoms with E-state index >= 15 is 4.79 Å². The fourth-order valence-electron chi connectivity index (χ4n) is 17.6. The lowest BCUT2D eigenvalue weighted by Gasteiger charge is -2.71. The molecular formula is C59H96O27. The average molecular weight is 1240 g/mol. The van der Waals surface area contributed by atoms with Crippen LogP contribution in [0.1, 0.15) is 113 Å². The maximum atomic E-state index is 15.2. The van der Waals surface area contributed by atoms with Gasteiger partial charge in [0.05, 0.1) is 50.7 Å². The third-order valence-corrected chi connectivity index (χ3v) is 23.3. The number of allylic oxidation sites excluding steroid dienone is 2. The second-order valence-corrected chi connectivity index (χ2v) is 28.5. The van der Waals surface area contributed by atoms with Crippen LogP contribution in [0.2, 0.25) is 0 Å². The molecule has 0 spiro atoms. The predicted octanol–water partition coefficient (Wildman–Crippen LogP) is -3.57. The molecule has 33 atom stereocenters. The van der Waals surface area contributed by atoms with Gasteiger partial charge in [-0.1, -0.05) is 53.2 Å². The van der Waals surface area contributed by atoms with Gasteiger partial charge in [0.25, 0.3) is 0 Å². The van der Waals surface area contributed by atoms with Crippen molar-refractivity contribution in [1.82, 2.24) is 0 Å². The first-order valence-corrected chi connectivity index (χ1v) is 30.8. The molecule has 27 heteroatoms. The van der Waals surface area contributed by atoms with Crippen molar-refractivity contribution in [1.29, 1.82) is 0 Å². The maximum Gasteiger partial charge on any atom is 0.315 e. The first-order chi connectivity index (χ1) is 40.4. The number of hydrogen-bond donors (Lipinski definition) is 16. The fraction of sp³-hybridized carbons (Fsp3) is 0.949. The van der Waals surface area contributed by atoms with E-state index in [0.29, 0.717) is 51.4 Å². The Kier molecular flexibility index (Phi) is 19.4. The maximum absolute atomic E-state index is 15.2. The van der Waals surface area contributed by atoms with Crippen molar-refractivity contribution >= 4 is 5.97 Å². The zero-order valence-corrected chi connectivity index (χ0v) is 50.0. The van der Waals surface area contributed by atoms with Gasteiger partial charge in [-0.3, -0.25) is 4.79 Å². The number of carbonyl (C=O) groups is 1. The van der Waals surface area contributed by atoms with E-state index in [1.165, 1.54) is 12.5 Å². The van der Waals surface area contributed by atoms with Crippen molar-refractivity contribution < 1.29 is 134 Å². The van der Waals surface area contributed by atoms with Gasteiger partial charge in [0, 0.05) is 5.41 Å². The molecule has 0 bridgehead atoms. The third-order valence-electron chi connectivity index (χ3n) is 23.3. The van der Waals surface area contributed by atoms with E-state index in [1.807, 2.05) is 6.92 Å². The summed E-state index contributed by atoms with van der Waals surface area (Å²) in [6.07, 6.45) is -30.6. The summed E-state index contributed by atoms with van der Waals surface area (Å²) in [5, 5.41) is 172. The lowest BCUT2D eigenvalue weighted by atomic mass is 9.33. The lowest BCUT2D eigenvalue weighted by Crippen LogP contribution is -2.67. The van der Waals surface area contributed by atoms with Crippen molar-refractivity contribution in [3.8, 4) is 0 Å². The molecular weight excluding hydrogens is 1140 g/mol. The number of fused-ring (bicyclic) bond motifs is 7. The number of ether oxygens (including phenoxy) is 10. The molecule has 494 valence electrons. The molecule has 86 heavy (non-hydrogen) atoms. The zero-order chi connectivity index (χ0) is 62.7. The minimum Gasteiger partial charge on any atom is -0.432 e. The molecule has 10 rings (SSSR count). The van der Waals surface area contributed by atoms with E-state index in [9.17, 15) is 81.7 Å². The summed E-state index contributed by atoms with van der Waals surface area (Å²) in [4.78, 5) is 15.2. The van der Waals surface area contributed by atoms with Crippen LogP contribution in [-0.4, -0.2) is 274 Å². The average Bonchev–Trinajstić information content (AvgIpc) is 0.747. The largest absolute Gasteiger partial charge is 0.432 e. The molecule has 9 fully saturated rings. The topological polar surface area (TPSA) is 433 Å². The summed E-state index contributed by atoms with van der Waals surface area (Å²) in [7, 11) is 0. The Morgan fingerprint density at radius 2 is 1.14 bits per heavy atom. The van der Waals surface area contributed by atoms with Crippen molar-refractivity contribution in [3.05, 3.63) is 11.6 Å². The van der Waals surface area contributed by atoms with E-state index in [4.69, 9.17) is 47.4 Å². The molecule has 5 aliphatic carbocycles. The standard InChI is InChI=1S/C59H96O27/c1-24-34(63)38(67)43(72)50(79-24)85-47-28(20-61)81-48(46(75)41(47)70)77-21-29-36(65)40(69)45(74)52(83-29)86-53(76)59-16-14-54(2,3)18-26(59)25-8-9-32-55(4)12-11-33(56(5,23-62)31(55)10-13-58(32,7)57(25,6)15-17-59)84-49-42(71)37(66)30(22-78-49)82-51-44(73)39(68)35(64)27(19-60)80-51/h8,24,26-52,60-75H,9-23H2,1-7H3/t24-,26-,27-,28-,29-,30-,31-,32-,33-,34-,35-,36-,37+,38+,39+,40+,41-,42-,43-,44-,45-,46-,47-,48-,49+,50+,51+,52+,55+,56-,57-,58-,59-/m0/s1.